The lowest BCUT2D eigenvalue weighted by Crippen LogP contribution is -2.65. The largest absolute Gasteiger partial charge is 0.469 e. The average Bonchev–Trinajstić information content (AvgIpc) is 2.81. The normalized spacial score (nSPS) is 47.2. The van der Waals surface area contributed by atoms with Crippen molar-refractivity contribution < 1.29 is 23.2 Å². The van der Waals surface area contributed by atoms with E-state index in [-0.39, 0.29) is 34.4 Å². The molecule has 0 aromatic heterocycles. The number of carbonyl (C=O) groups excluding carboxylic acids is 3. The van der Waals surface area contributed by atoms with Crippen LogP contribution in [0.5, 0.6) is 0 Å². The van der Waals surface area contributed by atoms with Crippen LogP contribution < -0.4 is 0 Å². The number of ketones is 2. The van der Waals surface area contributed by atoms with Crippen molar-refractivity contribution in [3.05, 3.63) is 23.3 Å². The second-order valence-corrected chi connectivity index (χ2v) is 14.8. The summed E-state index contributed by atoms with van der Waals surface area (Å²) in [6.45, 7) is 14.7. The minimum atomic E-state index is -2.83. The number of methoxy groups -OCH3 is 1. The van der Waals surface area contributed by atoms with Crippen LogP contribution in [0.15, 0.2) is 23.3 Å². The molecule has 5 heteroatoms. The van der Waals surface area contributed by atoms with Crippen LogP contribution >= 0.6 is 0 Å². The van der Waals surface area contributed by atoms with Gasteiger partial charge in [0, 0.05) is 16.7 Å². The quantitative estimate of drug-likeness (QED) is 0.232. The first-order valence-corrected chi connectivity index (χ1v) is 13.9. The summed E-state index contributed by atoms with van der Waals surface area (Å²) >= 11 is 0. The van der Waals surface area contributed by atoms with Gasteiger partial charge in [0.1, 0.15) is 6.07 Å². The molecular formula is C32H43NO4. The molecule has 0 bridgehead atoms. The van der Waals surface area contributed by atoms with Crippen LogP contribution in [0.2, 0.25) is 0 Å². The first-order valence-electron chi connectivity index (χ1n) is 15.4. The van der Waals surface area contributed by atoms with E-state index in [1.54, 1.807) is 6.08 Å². The summed E-state index contributed by atoms with van der Waals surface area (Å²) in [5.74, 6) is -1.65. The lowest BCUT2D eigenvalue weighted by Gasteiger charge is -2.68. The highest BCUT2D eigenvalue weighted by Crippen LogP contribution is 2.74. The zero-order valence-electron chi connectivity index (χ0n) is 26.4. The number of allylic oxidation sites excluding steroid dienone is 4. The Morgan fingerprint density at radius 2 is 1.73 bits per heavy atom. The van der Waals surface area contributed by atoms with Gasteiger partial charge in [-0.25, -0.2) is 0 Å². The fraction of sp³-hybridized carbons (Fsp3) is 0.750. The smallest absolute Gasteiger partial charge is 0.312 e. The Morgan fingerprint density at radius 1 is 1.05 bits per heavy atom. The zero-order chi connectivity index (χ0) is 29.9. The minimum absolute atomic E-state index is 0.0214. The molecule has 5 aliphatic carbocycles. The van der Waals surface area contributed by atoms with Crippen LogP contribution in [0.1, 0.15) is 97.5 Å². The monoisotopic (exact) mass is 511 g/mol. The van der Waals surface area contributed by atoms with Gasteiger partial charge in [-0.15, -0.1) is 0 Å². The Bertz CT molecular complexity index is 1300. The molecule has 7 atom stereocenters. The molecule has 0 aromatic rings. The van der Waals surface area contributed by atoms with E-state index in [9.17, 15) is 19.6 Å². The van der Waals surface area contributed by atoms with Gasteiger partial charge in [0.15, 0.2) is 11.6 Å². The van der Waals surface area contributed by atoms with E-state index in [1.165, 1.54) is 0 Å². The van der Waals surface area contributed by atoms with Crippen molar-refractivity contribution in [2.75, 3.05) is 7.04 Å². The first-order chi connectivity index (χ1) is 18.2. The lowest BCUT2D eigenvalue weighted by molar-refractivity contribution is -0.191. The van der Waals surface area contributed by atoms with E-state index >= 15 is 0 Å². The standard InChI is InChI=1S/C32H43NO4/c1-27(2)11-13-32(26(36)37-8)14-12-31(7)24(20(32)17-27)21(34)15-23-29(5)16-19(18-33)25(35)28(3,4)22(29)9-10-30(23,31)6/h15-16,20,22,24H,9-14,17H2,1-8H3/t20-,22-,24-,29-,30+,31+,32-/m0/s1/i8+1D3,18+1,33+1. The van der Waals surface area contributed by atoms with Crippen molar-refractivity contribution in [3.63, 3.8) is 0 Å². The highest BCUT2D eigenvalue weighted by atomic mass is 16.6. The Morgan fingerprint density at radius 3 is 2.38 bits per heavy atom. The molecule has 0 radical (unpaired) electrons. The predicted octanol–water partition coefficient (Wildman–Crippen LogP) is 6.38. The number of hydrogen-bond acceptors (Lipinski definition) is 5. The van der Waals surface area contributed by atoms with Crippen LogP contribution in [-0.2, 0) is 19.1 Å². The molecule has 0 unspecified atom stereocenters. The van der Waals surface area contributed by atoms with E-state index < -0.39 is 46.0 Å². The molecule has 5 nitrogen and oxygen atoms in total. The van der Waals surface area contributed by atoms with Crippen LogP contribution in [0.25, 0.3) is 0 Å². The Hall–Kier alpha value is -2.22. The maximum Gasteiger partial charge on any atom is 0.312 e. The van der Waals surface area contributed by atoms with E-state index in [1.807, 2.05) is 19.9 Å². The molecule has 5 aliphatic rings. The fourth-order valence-corrected chi connectivity index (χ4v) is 10.1. The van der Waals surface area contributed by atoms with Gasteiger partial charge in [0.05, 0.1) is 22.1 Å². The van der Waals surface area contributed by atoms with Crippen LogP contribution in [0.3, 0.4) is 0 Å². The zero-order valence-corrected chi connectivity index (χ0v) is 23.4. The van der Waals surface area contributed by atoms with Gasteiger partial charge < -0.3 is 4.74 Å². The fourth-order valence-electron chi connectivity index (χ4n) is 10.1. The Balaban J connectivity index is 1.68. The average molecular weight is 512 g/mol. The third kappa shape index (κ3) is 3.11. The predicted molar refractivity (Wildman–Crippen MR) is 141 cm³/mol. The number of carbonyl (C=O) groups is 3. The van der Waals surface area contributed by atoms with Crippen molar-refractivity contribution in [1.82, 2.24) is 0 Å². The second-order valence-electron chi connectivity index (χ2n) is 14.8. The van der Waals surface area contributed by atoms with Gasteiger partial charge in [0.25, 0.3) is 0 Å². The van der Waals surface area contributed by atoms with Gasteiger partial charge in [-0.3, -0.25) is 14.4 Å². The Kier molecular flexibility index (Phi) is 4.71. The van der Waals surface area contributed by atoms with Gasteiger partial charge in [-0.05, 0) is 79.1 Å². The molecule has 3 fully saturated rings. The maximum absolute atomic E-state index is 14.4. The van der Waals surface area contributed by atoms with Crippen molar-refractivity contribution in [2.45, 2.75) is 93.4 Å². The highest BCUT2D eigenvalue weighted by molar-refractivity contribution is 6.04. The Labute approximate surface area is 226 Å². The van der Waals surface area contributed by atoms with E-state index in [4.69, 9.17) is 8.85 Å². The van der Waals surface area contributed by atoms with Crippen LogP contribution in [0, 0.1) is 61.6 Å². The van der Waals surface area contributed by atoms with Crippen LogP contribution in [0.4, 0.5) is 0 Å². The van der Waals surface area contributed by atoms with E-state index in [0.717, 1.165) is 24.8 Å². The number of Topliss-reactive ketones (excluding diaryl/α,β-unsaturated/α-hetero) is 1. The molecular weight excluding hydrogens is 465 g/mol. The summed E-state index contributed by atoms with van der Waals surface area (Å²) in [7, 11) is -2.83. The maximum atomic E-state index is 14.4. The number of hydrogen-bond donors (Lipinski definition) is 0. The molecule has 37 heavy (non-hydrogen) atoms. The third-order valence-corrected chi connectivity index (χ3v) is 12.4. The summed E-state index contributed by atoms with van der Waals surface area (Å²) in [4.78, 5) is 41.3. The van der Waals surface area contributed by atoms with Gasteiger partial charge in [-0.1, -0.05) is 60.1 Å². The summed E-state index contributed by atoms with van der Waals surface area (Å²) in [6, 6.07) is 2.14. The van der Waals surface area contributed by atoms with Crippen LogP contribution in [-0.4, -0.2) is 24.6 Å². The summed E-state index contributed by atoms with van der Waals surface area (Å²) in [5.41, 5.74) is -2.16. The molecule has 3 saturated carbocycles. The number of nitriles is 1. The number of ether oxygens (including phenoxy) is 1. The molecule has 0 saturated heterocycles. The molecule has 0 N–H and O–H groups in total. The molecule has 0 aromatic carbocycles. The molecule has 0 spiro atoms. The topological polar surface area (TPSA) is 84.2 Å². The van der Waals surface area contributed by atoms with E-state index in [2.05, 4.69) is 40.7 Å². The van der Waals surface area contributed by atoms with E-state index in [0.29, 0.717) is 25.7 Å². The second kappa shape index (κ2) is 7.67. The highest BCUT2D eigenvalue weighted by Gasteiger charge is 2.71. The van der Waals surface area contributed by atoms with Gasteiger partial charge in [-0.2, -0.15) is 5.26 Å². The molecule has 200 valence electrons. The van der Waals surface area contributed by atoms with Crippen molar-refractivity contribution in [2.24, 2.45) is 50.2 Å². The first kappa shape index (κ1) is 22.7. The summed E-state index contributed by atoms with van der Waals surface area (Å²) in [5, 5.41) is 9.88. The number of nitrogens with zero attached hydrogens (tertiary/aromatic N) is 1. The summed E-state index contributed by atoms with van der Waals surface area (Å²) in [6.07, 6.45) is 8.22. The number of esters is 1. The van der Waals surface area contributed by atoms with Crippen molar-refractivity contribution >= 4 is 17.5 Å². The molecule has 0 aliphatic heterocycles. The number of fused-ring (bicyclic) bond motifs is 7. The summed E-state index contributed by atoms with van der Waals surface area (Å²) < 4.78 is 28.0. The molecule has 0 amide bonds. The van der Waals surface area contributed by atoms with Gasteiger partial charge >= 0.3 is 5.97 Å². The number of rotatable bonds is 1. The molecule has 5 rings (SSSR count). The SMILES string of the molecule is [2H][13C]([2H])([2H])OC(=O)[C@]12CCC(C)(C)C[C@H]1[C@H]1C(=O)C=C3[C@@]4(C)C=C([13C]#[15N])C(=O)C(C)(C)[C@@H]4CC[C@@]3(C)[C@]1(C)CC2. The lowest BCUT2D eigenvalue weighted by atomic mass is 9.34. The third-order valence-electron chi connectivity index (χ3n) is 12.4. The molecule has 0 heterocycles. The van der Waals surface area contributed by atoms with Gasteiger partial charge in [0.2, 0.25) is 0 Å². The van der Waals surface area contributed by atoms with Crippen molar-refractivity contribution in [3.8, 4) is 6.07 Å². The minimum Gasteiger partial charge on any atom is -0.469 e. The van der Waals surface area contributed by atoms with Crippen molar-refractivity contribution in [1.29, 1.82) is 5.26 Å².